The normalized spacial score (nSPS) is 12.5. The van der Waals surface area contributed by atoms with Gasteiger partial charge in [0.15, 0.2) is 5.96 Å². The van der Waals surface area contributed by atoms with Gasteiger partial charge in [-0.3, -0.25) is 14.6 Å². The fraction of sp³-hybridized carbons (Fsp3) is 0.240. The van der Waals surface area contributed by atoms with Crippen LogP contribution in [0.4, 0.5) is 5.69 Å². The van der Waals surface area contributed by atoms with E-state index in [-0.39, 0.29) is 17.8 Å². The Morgan fingerprint density at radius 2 is 1.58 bits per heavy atom. The fourth-order valence-electron chi connectivity index (χ4n) is 3.51. The summed E-state index contributed by atoms with van der Waals surface area (Å²) in [5.41, 5.74) is 18.5. The molecule has 3 aromatic carbocycles. The Morgan fingerprint density at radius 1 is 0.879 bits per heavy atom. The predicted octanol–water partition coefficient (Wildman–Crippen LogP) is 1.89. The fourth-order valence-corrected chi connectivity index (χ4v) is 3.51. The van der Waals surface area contributed by atoms with E-state index in [1.165, 1.54) is 0 Å². The van der Waals surface area contributed by atoms with E-state index < -0.39 is 12.1 Å². The lowest BCUT2D eigenvalue weighted by atomic mass is 10.0. The molecule has 0 radical (unpaired) electrons. The van der Waals surface area contributed by atoms with E-state index in [4.69, 9.17) is 17.2 Å². The van der Waals surface area contributed by atoms with E-state index in [0.717, 1.165) is 16.3 Å². The van der Waals surface area contributed by atoms with Gasteiger partial charge >= 0.3 is 0 Å². The van der Waals surface area contributed by atoms with Crippen molar-refractivity contribution in [2.24, 2.45) is 22.2 Å². The van der Waals surface area contributed by atoms with Crippen LogP contribution in [0.15, 0.2) is 77.8 Å². The highest BCUT2D eigenvalue weighted by atomic mass is 16.2. The Morgan fingerprint density at radius 3 is 2.30 bits per heavy atom. The van der Waals surface area contributed by atoms with Crippen LogP contribution in [0.5, 0.6) is 0 Å². The Balaban J connectivity index is 1.67. The maximum Gasteiger partial charge on any atom is 0.246 e. The maximum absolute atomic E-state index is 13.0. The van der Waals surface area contributed by atoms with Crippen molar-refractivity contribution in [1.29, 1.82) is 0 Å². The van der Waals surface area contributed by atoms with Crippen LogP contribution >= 0.6 is 0 Å². The van der Waals surface area contributed by atoms with Crippen LogP contribution in [0.2, 0.25) is 0 Å². The van der Waals surface area contributed by atoms with Gasteiger partial charge in [-0.2, -0.15) is 0 Å². The number of nitrogens with two attached hydrogens (primary N) is 3. The number of anilines is 1. The monoisotopic (exact) mass is 446 g/mol. The number of rotatable bonds is 10. The molecule has 0 aliphatic heterocycles. The number of nitrogens with one attached hydrogen (secondary N) is 2. The van der Waals surface area contributed by atoms with Crippen molar-refractivity contribution in [3.63, 3.8) is 0 Å². The Labute approximate surface area is 193 Å². The van der Waals surface area contributed by atoms with Gasteiger partial charge in [0.25, 0.3) is 0 Å². The van der Waals surface area contributed by atoms with Crippen molar-refractivity contribution in [1.82, 2.24) is 5.32 Å². The minimum absolute atomic E-state index is 0.0129. The minimum atomic E-state index is -0.778. The van der Waals surface area contributed by atoms with Crippen molar-refractivity contribution in [3.8, 4) is 0 Å². The number of carbonyl (C=O) groups excluding carboxylic acids is 2. The zero-order valence-electron chi connectivity index (χ0n) is 18.4. The van der Waals surface area contributed by atoms with Crippen LogP contribution in [0, 0.1) is 0 Å². The Hall–Kier alpha value is -3.91. The van der Waals surface area contributed by atoms with Gasteiger partial charge in [0, 0.05) is 12.2 Å². The highest BCUT2D eigenvalue weighted by molar-refractivity contribution is 5.99. The standard InChI is InChI=1S/C25H30N6O2/c26-21(15-17-7-2-1-3-8-17)23(32)31-22(11-6-14-29-25(27)28)24(33)30-20-13-12-18-9-4-5-10-19(18)16-20/h1-5,7-10,12-13,16,21-22H,6,11,14-15,26H2,(H,30,33)(H,31,32)(H4,27,28,29)/t21-,22-/m1/s1. The predicted molar refractivity (Wildman–Crippen MR) is 133 cm³/mol. The molecule has 0 unspecified atom stereocenters. The molecule has 8 nitrogen and oxygen atoms in total. The van der Waals surface area contributed by atoms with Gasteiger partial charge in [-0.1, -0.05) is 60.7 Å². The summed E-state index contributed by atoms with van der Waals surface area (Å²) in [5.74, 6) is -0.726. The average Bonchev–Trinajstić information content (AvgIpc) is 2.81. The molecule has 3 rings (SSSR count). The van der Waals surface area contributed by atoms with Gasteiger partial charge in [0.05, 0.1) is 6.04 Å². The van der Waals surface area contributed by atoms with Crippen LogP contribution in [0.3, 0.4) is 0 Å². The zero-order chi connectivity index (χ0) is 23.6. The van der Waals surface area contributed by atoms with Crippen LogP contribution in [0.1, 0.15) is 18.4 Å². The summed E-state index contributed by atoms with van der Waals surface area (Å²) in [6.07, 6.45) is 1.25. The third-order valence-corrected chi connectivity index (χ3v) is 5.23. The number of benzene rings is 3. The number of hydrogen-bond acceptors (Lipinski definition) is 4. The molecular weight excluding hydrogens is 416 g/mol. The van der Waals surface area contributed by atoms with Gasteiger partial charge in [-0.25, -0.2) is 0 Å². The van der Waals surface area contributed by atoms with Gasteiger partial charge < -0.3 is 27.8 Å². The molecule has 0 heterocycles. The van der Waals surface area contributed by atoms with E-state index in [9.17, 15) is 9.59 Å². The lowest BCUT2D eigenvalue weighted by molar-refractivity contribution is -0.127. The molecule has 0 bridgehead atoms. The second-order valence-corrected chi connectivity index (χ2v) is 7.86. The van der Waals surface area contributed by atoms with E-state index in [1.54, 1.807) is 0 Å². The SMILES string of the molecule is NC(N)=NCCC[C@@H](NC(=O)[C@H](N)Cc1ccccc1)C(=O)Nc1ccc2ccccc2c1. The molecule has 2 amide bonds. The van der Waals surface area contributed by atoms with E-state index >= 15 is 0 Å². The molecule has 2 atom stereocenters. The molecule has 3 aromatic rings. The summed E-state index contributed by atoms with van der Waals surface area (Å²) in [6.45, 7) is 0.355. The first-order valence-corrected chi connectivity index (χ1v) is 10.9. The third-order valence-electron chi connectivity index (χ3n) is 5.23. The van der Waals surface area contributed by atoms with Crippen molar-refractivity contribution in [2.75, 3.05) is 11.9 Å². The topological polar surface area (TPSA) is 149 Å². The molecule has 0 aliphatic rings. The molecule has 0 saturated carbocycles. The summed E-state index contributed by atoms with van der Waals surface area (Å²) in [5, 5.41) is 7.78. The van der Waals surface area contributed by atoms with E-state index in [0.29, 0.717) is 31.5 Å². The molecule has 0 fully saturated rings. The number of aliphatic imine (C=N–C) groups is 1. The third kappa shape index (κ3) is 7.33. The average molecular weight is 447 g/mol. The summed E-state index contributed by atoms with van der Waals surface area (Å²) in [7, 11) is 0. The van der Waals surface area contributed by atoms with Crippen molar-refractivity contribution >= 4 is 34.2 Å². The van der Waals surface area contributed by atoms with E-state index in [2.05, 4.69) is 15.6 Å². The zero-order valence-corrected chi connectivity index (χ0v) is 18.4. The summed E-state index contributed by atoms with van der Waals surface area (Å²) < 4.78 is 0. The van der Waals surface area contributed by atoms with Crippen molar-refractivity contribution < 1.29 is 9.59 Å². The number of guanidine groups is 1. The summed E-state index contributed by atoms with van der Waals surface area (Å²) >= 11 is 0. The maximum atomic E-state index is 13.0. The molecule has 8 heteroatoms. The molecular formula is C25H30N6O2. The largest absolute Gasteiger partial charge is 0.370 e. The van der Waals surface area contributed by atoms with Crippen molar-refractivity contribution in [3.05, 3.63) is 78.4 Å². The summed E-state index contributed by atoms with van der Waals surface area (Å²) in [6, 6.07) is 21.5. The highest BCUT2D eigenvalue weighted by Crippen LogP contribution is 2.19. The Bertz CT molecular complexity index is 1110. The molecule has 33 heavy (non-hydrogen) atoms. The van der Waals surface area contributed by atoms with Gasteiger partial charge in [-0.15, -0.1) is 0 Å². The molecule has 172 valence electrons. The van der Waals surface area contributed by atoms with Crippen LogP contribution in [-0.2, 0) is 16.0 Å². The van der Waals surface area contributed by atoms with Crippen molar-refractivity contribution in [2.45, 2.75) is 31.3 Å². The second-order valence-electron chi connectivity index (χ2n) is 7.86. The minimum Gasteiger partial charge on any atom is -0.370 e. The molecule has 8 N–H and O–H groups in total. The molecule has 0 saturated heterocycles. The first kappa shape index (κ1) is 23.7. The number of carbonyl (C=O) groups is 2. The molecule has 0 aromatic heterocycles. The first-order valence-electron chi connectivity index (χ1n) is 10.9. The number of fused-ring (bicyclic) bond motifs is 1. The first-order chi connectivity index (χ1) is 15.9. The Kier molecular flexibility index (Phi) is 8.37. The quantitative estimate of drug-likeness (QED) is 0.183. The van der Waals surface area contributed by atoms with Gasteiger partial charge in [-0.05, 0) is 47.7 Å². The van der Waals surface area contributed by atoms with Crippen LogP contribution < -0.4 is 27.8 Å². The number of amides is 2. The lowest BCUT2D eigenvalue weighted by Crippen LogP contribution is -2.50. The molecule has 0 spiro atoms. The number of hydrogen-bond donors (Lipinski definition) is 5. The summed E-state index contributed by atoms with van der Waals surface area (Å²) in [4.78, 5) is 29.7. The number of nitrogens with zero attached hydrogens (tertiary/aromatic N) is 1. The van der Waals surface area contributed by atoms with Crippen LogP contribution in [0.25, 0.3) is 10.8 Å². The lowest BCUT2D eigenvalue weighted by Gasteiger charge is -2.21. The van der Waals surface area contributed by atoms with Crippen LogP contribution in [-0.4, -0.2) is 36.4 Å². The van der Waals surface area contributed by atoms with Gasteiger partial charge in [0.2, 0.25) is 11.8 Å². The molecule has 0 aliphatic carbocycles. The smallest absolute Gasteiger partial charge is 0.246 e. The van der Waals surface area contributed by atoms with Gasteiger partial charge in [0.1, 0.15) is 6.04 Å². The highest BCUT2D eigenvalue weighted by Gasteiger charge is 2.24. The second kappa shape index (κ2) is 11.6. The van der Waals surface area contributed by atoms with E-state index in [1.807, 2.05) is 72.8 Å².